The highest BCUT2D eigenvalue weighted by Crippen LogP contribution is 2.28. The Bertz CT molecular complexity index is 555. The van der Waals surface area contributed by atoms with Gasteiger partial charge in [0.2, 0.25) is 0 Å². The quantitative estimate of drug-likeness (QED) is 0.600. The molecule has 2 aromatic rings. The third-order valence-electron chi connectivity index (χ3n) is 2.94. The van der Waals surface area contributed by atoms with Crippen molar-refractivity contribution in [3.8, 4) is 0 Å². The molecular weight excluding hydrogens is 392 g/mol. The van der Waals surface area contributed by atoms with Crippen LogP contribution in [0, 0.1) is 3.57 Å². The molecule has 100 valence electrons. The van der Waals surface area contributed by atoms with Crippen LogP contribution in [0.25, 0.3) is 0 Å². The first-order chi connectivity index (χ1) is 9.10. The second-order valence-electron chi connectivity index (χ2n) is 4.28. The summed E-state index contributed by atoms with van der Waals surface area (Å²) in [5.41, 5.74) is 2.34. The van der Waals surface area contributed by atoms with E-state index in [4.69, 9.17) is 23.2 Å². The molecule has 0 bridgehead atoms. The van der Waals surface area contributed by atoms with E-state index in [1.54, 1.807) is 0 Å². The largest absolute Gasteiger partial charge is 0.377 e. The summed E-state index contributed by atoms with van der Waals surface area (Å²) in [5.74, 6) is 0. The van der Waals surface area contributed by atoms with Crippen molar-refractivity contribution in [3.05, 3.63) is 61.6 Å². The highest BCUT2D eigenvalue weighted by Gasteiger charge is 2.10. The van der Waals surface area contributed by atoms with Crippen molar-refractivity contribution < 1.29 is 0 Å². The number of rotatable bonds is 4. The van der Waals surface area contributed by atoms with E-state index in [1.807, 2.05) is 30.3 Å². The van der Waals surface area contributed by atoms with Crippen LogP contribution < -0.4 is 5.32 Å². The first-order valence-electron chi connectivity index (χ1n) is 6.07. The van der Waals surface area contributed by atoms with Crippen molar-refractivity contribution >= 4 is 51.5 Å². The van der Waals surface area contributed by atoms with E-state index in [2.05, 4.69) is 47.0 Å². The van der Waals surface area contributed by atoms with E-state index in [0.29, 0.717) is 0 Å². The van der Waals surface area contributed by atoms with E-state index in [0.717, 1.165) is 25.7 Å². The van der Waals surface area contributed by atoms with Crippen LogP contribution in [0.1, 0.15) is 24.9 Å². The van der Waals surface area contributed by atoms with Crippen LogP contribution in [-0.2, 0) is 0 Å². The smallest absolute Gasteiger partial charge is 0.0511 e. The average Bonchev–Trinajstić information content (AvgIpc) is 2.39. The van der Waals surface area contributed by atoms with Gasteiger partial charge in [0, 0.05) is 19.3 Å². The molecule has 0 aliphatic heterocycles. The van der Waals surface area contributed by atoms with Gasteiger partial charge in [-0.2, -0.15) is 0 Å². The van der Waals surface area contributed by atoms with Crippen LogP contribution in [0.3, 0.4) is 0 Å². The molecule has 0 aliphatic carbocycles. The van der Waals surface area contributed by atoms with Gasteiger partial charge in [0.05, 0.1) is 6.04 Å². The van der Waals surface area contributed by atoms with Gasteiger partial charge in [-0.05, 0) is 64.9 Å². The van der Waals surface area contributed by atoms with E-state index in [1.165, 1.54) is 5.56 Å². The maximum Gasteiger partial charge on any atom is 0.0511 e. The maximum atomic E-state index is 5.97. The van der Waals surface area contributed by atoms with Crippen molar-refractivity contribution in [3.63, 3.8) is 0 Å². The Labute approximate surface area is 137 Å². The molecule has 2 aromatic carbocycles. The van der Waals surface area contributed by atoms with E-state index >= 15 is 0 Å². The standard InChI is InChI=1S/C15H14Cl2IN/c1-2-14(10-3-5-11(16)6-4-10)19-15-8-7-12(17)9-13(15)18/h3-9,14,19H,2H2,1H3. The molecule has 2 rings (SSSR count). The molecule has 0 aliphatic rings. The number of benzene rings is 2. The molecule has 1 nitrogen and oxygen atoms in total. The zero-order valence-electron chi connectivity index (χ0n) is 10.5. The minimum atomic E-state index is 0.270. The lowest BCUT2D eigenvalue weighted by Crippen LogP contribution is -2.10. The summed E-state index contributed by atoms with van der Waals surface area (Å²) in [6.07, 6.45) is 1.00. The zero-order valence-corrected chi connectivity index (χ0v) is 14.1. The molecule has 0 fully saturated rings. The molecule has 19 heavy (non-hydrogen) atoms. The van der Waals surface area contributed by atoms with E-state index < -0.39 is 0 Å². The van der Waals surface area contributed by atoms with Gasteiger partial charge in [-0.3, -0.25) is 0 Å². The summed E-state index contributed by atoms with van der Waals surface area (Å²) in [6, 6.07) is 14.1. The monoisotopic (exact) mass is 405 g/mol. The Balaban J connectivity index is 2.21. The highest BCUT2D eigenvalue weighted by molar-refractivity contribution is 14.1. The first-order valence-corrected chi connectivity index (χ1v) is 7.90. The first kappa shape index (κ1) is 14.9. The van der Waals surface area contributed by atoms with Crippen LogP contribution in [0.5, 0.6) is 0 Å². The van der Waals surface area contributed by atoms with Crippen LogP contribution in [-0.4, -0.2) is 0 Å². The number of hydrogen-bond donors (Lipinski definition) is 1. The molecule has 0 saturated carbocycles. The third kappa shape index (κ3) is 4.01. The topological polar surface area (TPSA) is 12.0 Å². The molecule has 0 aromatic heterocycles. The fourth-order valence-corrected chi connectivity index (χ4v) is 3.06. The van der Waals surface area contributed by atoms with Gasteiger partial charge < -0.3 is 5.32 Å². The summed E-state index contributed by atoms with van der Waals surface area (Å²) in [5, 5.41) is 5.07. The van der Waals surface area contributed by atoms with Crippen molar-refractivity contribution in [1.29, 1.82) is 0 Å². The van der Waals surface area contributed by atoms with Crippen molar-refractivity contribution in [1.82, 2.24) is 0 Å². The summed E-state index contributed by atoms with van der Waals surface area (Å²) < 4.78 is 1.12. The van der Waals surface area contributed by atoms with Gasteiger partial charge >= 0.3 is 0 Å². The highest BCUT2D eigenvalue weighted by atomic mass is 127. The molecule has 1 unspecified atom stereocenters. The SMILES string of the molecule is CCC(Nc1ccc(Cl)cc1I)c1ccc(Cl)cc1. The molecule has 1 N–H and O–H groups in total. The Morgan fingerprint density at radius 1 is 1.05 bits per heavy atom. The van der Waals surface area contributed by atoms with Crippen molar-refractivity contribution in [2.75, 3.05) is 5.32 Å². The second-order valence-corrected chi connectivity index (χ2v) is 6.32. The van der Waals surface area contributed by atoms with Gasteiger partial charge in [-0.25, -0.2) is 0 Å². The van der Waals surface area contributed by atoms with Gasteiger partial charge in [-0.1, -0.05) is 42.3 Å². The molecule has 0 saturated heterocycles. The molecule has 0 heterocycles. The minimum Gasteiger partial charge on any atom is -0.377 e. The average molecular weight is 406 g/mol. The van der Waals surface area contributed by atoms with Crippen LogP contribution in [0.15, 0.2) is 42.5 Å². The summed E-state index contributed by atoms with van der Waals surface area (Å²) >= 11 is 14.2. The molecule has 4 heteroatoms. The Morgan fingerprint density at radius 3 is 2.26 bits per heavy atom. The van der Waals surface area contributed by atoms with Crippen LogP contribution in [0.2, 0.25) is 10.0 Å². The lowest BCUT2D eigenvalue weighted by Gasteiger charge is -2.20. The van der Waals surface area contributed by atoms with Crippen LogP contribution in [0.4, 0.5) is 5.69 Å². The number of hydrogen-bond acceptors (Lipinski definition) is 1. The Morgan fingerprint density at radius 2 is 1.68 bits per heavy atom. The predicted octanol–water partition coefficient (Wildman–Crippen LogP) is 6.16. The number of halogens is 3. The minimum absolute atomic E-state index is 0.270. The van der Waals surface area contributed by atoms with Gasteiger partial charge in [-0.15, -0.1) is 0 Å². The Hall–Kier alpha value is -0.450. The van der Waals surface area contributed by atoms with E-state index in [-0.39, 0.29) is 6.04 Å². The molecule has 1 atom stereocenters. The van der Waals surface area contributed by atoms with Gasteiger partial charge in [0.25, 0.3) is 0 Å². The fraction of sp³-hybridized carbons (Fsp3) is 0.200. The summed E-state index contributed by atoms with van der Waals surface area (Å²) in [7, 11) is 0. The second kappa shape index (κ2) is 6.82. The number of nitrogens with one attached hydrogen (secondary N) is 1. The van der Waals surface area contributed by atoms with Gasteiger partial charge in [0.15, 0.2) is 0 Å². The fourth-order valence-electron chi connectivity index (χ4n) is 1.91. The Kier molecular flexibility index (Phi) is 5.37. The summed E-state index contributed by atoms with van der Waals surface area (Å²) in [4.78, 5) is 0. The van der Waals surface area contributed by atoms with Gasteiger partial charge in [0.1, 0.15) is 0 Å². The predicted molar refractivity (Wildman–Crippen MR) is 92.3 cm³/mol. The van der Waals surface area contributed by atoms with E-state index in [9.17, 15) is 0 Å². The number of anilines is 1. The van der Waals surface area contributed by atoms with Crippen molar-refractivity contribution in [2.24, 2.45) is 0 Å². The van der Waals surface area contributed by atoms with Crippen LogP contribution >= 0.6 is 45.8 Å². The molecule has 0 radical (unpaired) electrons. The van der Waals surface area contributed by atoms with Crippen molar-refractivity contribution in [2.45, 2.75) is 19.4 Å². The molecule has 0 amide bonds. The lowest BCUT2D eigenvalue weighted by molar-refractivity contribution is 0.749. The lowest BCUT2D eigenvalue weighted by atomic mass is 10.0. The maximum absolute atomic E-state index is 5.97. The third-order valence-corrected chi connectivity index (χ3v) is 4.32. The molecular formula is C15H14Cl2IN. The normalized spacial score (nSPS) is 12.2. The zero-order chi connectivity index (χ0) is 13.8. The summed E-state index contributed by atoms with van der Waals surface area (Å²) in [6.45, 7) is 2.16. The molecule has 0 spiro atoms.